The minimum atomic E-state index is 0. The van der Waals surface area contributed by atoms with Crippen LogP contribution >= 0.6 is 24.8 Å². The summed E-state index contributed by atoms with van der Waals surface area (Å²) in [6.07, 6.45) is 0. The molecule has 2 aromatic carbocycles. The van der Waals surface area contributed by atoms with E-state index in [0.717, 1.165) is 19.6 Å². The molecule has 0 N–H and O–H groups in total. The highest BCUT2D eigenvalue weighted by Crippen LogP contribution is 2.02. The molecule has 0 saturated carbocycles. The first-order valence-corrected chi connectivity index (χ1v) is 7.20. The average molecular weight is 351 g/mol. The molecule has 0 radical (unpaired) electrons. The van der Waals surface area contributed by atoms with Gasteiger partial charge in [0.2, 0.25) is 0 Å². The molecule has 0 fully saturated rings. The molecule has 23 heavy (non-hydrogen) atoms. The van der Waals surface area contributed by atoms with Crippen molar-refractivity contribution in [2.24, 2.45) is 0 Å². The van der Waals surface area contributed by atoms with Gasteiger partial charge in [0.25, 0.3) is 0 Å². The van der Waals surface area contributed by atoms with Crippen LogP contribution in [0.15, 0.2) is 60.7 Å². The molecular formula is C19H24Cl2N2. The maximum atomic E-state index is 3.23. The van der Waals surface area contributed by atoms with Crippen molar-refractivity contribution in [1.29, 1.82) is 0 Å². The Morgan fingerprint density at radius 2 is 1.22 bits per heavy atom. The lowest BCUT2D eigenvalue weighted by Crippen LogP contribution is -2.18. The molecule has 4 heteroatoms. The summed E-state index contributed by atoms with van der Waals surface area (Å²) >= 11 is 0. The van der Waals surface area contributed by atoms with Gasteiger partial charge in [-0.2, -0.15) is 0 Å². The fourth-order valence-electron chi connectivity index (χ4n) is 2.15. The second-order valence-corrected chi connectivity index (χ2v) is 5.29. The highest BCUT2D eigenvalue weighted by atomic mass is 35.5. The van der Waals surface area contributed by atoms with E-state index in [2.05, 4.69) is 72.4 Å². The molecule has 0 spiro atoms. The van der Waals surface area contributed by atoms with Crippen LogP contribution in [-0.2, 0) is 13.1 Å². The van der Waals surface area contributed by atoms with E-state index in [1.807, 2.05) is 24.1 Å². The number of nitrogens with zero attached hydrogens (tertiary/aromatic N) is 2. The van der Waals surface area contributed by atoms with Crippen LogP contribution in [0.4, 0.5) is 0 Å². The summed E-state index contributed by atoms with van der Waals surface area (Å²) in [7, 11) is 4.12. The molecule has 0 aliphatic rings. The minimum Gasteiger partial charge on any atom is -0.331 e. The molecule has 2 rings (SSSR count). The van der Waals surface area contributed by atoms with E-state index in [4.69, 9.17) is 0 Å². The first-order valence-electron chi connectivity index (χ1n) is 7.20. The summed E-state index contributed by atoms with van der Waals surface area (Å²) in [6, 6.07) is 24.1. The second kappa shape index (κ2) is 11.8. The minimum absolute atomic E-state index is 0. The number of rotatable bonds is 5. The fourth-order valence-corrected chi connectivity index (χ4v) is 2.15. The lowest BCUT2D eigenvalue weighted by molar-refractivity contribution is 0.367. The van der Waals surface area contributed by atoms with Gasteiger partial charge in [-0.25, -0.2) is 0 Å². The number of halogens is 2. The Labute approximate surface area is 152 Å². The third-order valence-corrected chi connectivity index (χ3v) is 3.18. The molecule has 2 aromatic rings. The molecule has 0 aliphatic carbocycles. The Hall–Kier alpha value is -1.66. The summed E-state index contributed by atoms with van der Waals surface area (Å²) in [5.41, 5.74) is 2.60. The van der Waals surface area contributed by atoms with Crippen LogP contribution in [-0.4, -0.2) is 30.4 Å². The number of benzene rings is 2. The first-order chi connectivity index (χ1) is 10.2. The second-order valence-electron chi connectivity index (χ2n) is 5.29. The van der Waals surface area contributed by atoms with Crippen molar-refractivity contribution in [2.45, 2.75) is 13.1 Å². The molecule has 0 heterocycles. The topological polar surface area (TPSA) is 6.48 Å². The smallest absolute Gasteiger partial charge is 0.0620 e. The summed E-state index contributed by atoms with van der Waals surface area (Å²) < 4.78 is 0. The predicted octanol–water partition coefficient (Wildman–Crippen LogP) is 4.05. The van der Waals surface area contributed by atoms with Crippen molar-refractivity contribution in [1.82, 2.24) is 9.80 Å². The molecule has 0 bridgehead atoms. The average Bonchev–Trinajstić information content (AvgIpc) is 2.49. The van der Waals surface area contributed by atoms with Crippen LogP contribution < -0.4 is 0 Å². The molecule has 2 nitrogen and oxygen atoms in total. The zero-order valence-corrected chi connectivity index (χ0v) is 15.2. The van der Waals surface area contributed by atoms with Crippen LogP contribution in [0.25, 0.3) is 0 Å². The Balaban J connectivity index is 0.00000242. The lowest BCUT2D eigenvalue weighted by atomic mass is 10.2. The molecule has 0 saturated heterocycles. The zero-order valence-electron chi connectivity index (χ0n) is 13.6. The van der Waals surface area contributed by atoms with Gasteiger partial charge in [0.15, 0.2) is 0 Å². The van der Waals surface area contributed by atoms with Crippen molar-refractivity contribution in [3.05, 3.63) is 71.8 Å². The summed E-state index contributed by atoms with van der Waals surface area (Å²) in [5.74, 6) is 3.23. The van der Waals surface area contributed by atoms with Gasteiger partial charge in [0.05, 0.1) is 13.1 Å². The van der Waals surface area contributed by atoms with Crippen molar-refractivity contribution >= 4 is 24.8 Å². The highest BCUT2D eigenvalue weighted by molar-refractivity contribution is 5.85. The van der Waals surface area contributed by atoms with Gasteiger partial charge < -0.3 is 4.90 Å². The standard InChI is InChI=1S/C19H22N2.2ClH/c1-20(16-18-10-5-3-6-11-18)14-9-15-21(2)17-19-12-7-4-8-13-19;;/h3-8,10-13H,14,16-17H2,1-2H3;2*1H. The molecule has 0 unspecified atom stereocenters. The quantitative estimate of drug-likeness (QED) is 0.592. The molecule has 0 aromatic heterocycles. The van der Waals surface area contributed by atoms with Gasteiger partial charge in [0, 0.05) is 19.6 Å². The van der Waals surface area contributed by atoms with E-state index in [1.54, 1.807) is 0 Å². The van der Waals surface area contributed by atoms with Crippen LogP contribution in [0.3, 0.4) is 0 Å². The maximum absolute atomic E-state index is 3.23. The molecule has 0 atom stereocenters. The van der Waals surface area contributed by atoms with Gasteiger partial charge in [-0.3, -0.25) is 4.90 Å². The van der Waals surface area contributed by atoms with Crippen LogP contribution in [0.2, 0.25) is 0 Å². The summed E-state index contributed by atoms with van der Waals surface area (Å²) in [4.78, 5) is 4.25. The van der Waals surface area contributed by atoms with E-state index in [0.29, 0.717) is 0 Å². The number of hydrogen-bond donors (Lipinski definition) is 0. The van der Waals surface area contributed by atoms with Crippen LogP contribution in [0.1, 0.15) is 11.1 Å². The SMILES string of the molecule is CN(C#CCN(C)Cc1ccccc1)Cc1ccccc1.Cl.Cl. The molecular weight excluding hydrogens is 327 g/mol. The molecule has 0 aliphatic heterocycles. The van der Waals surface area contributed by atoms with Gasteiger partial charge in [0.1, 0.15) is 0 Å². The van der Waals surface area contributed by atoms with Crippen LogP contribution in [0.5, 0.6) is 0 Å². The summed E-state index contributed by atoms with van der Waals surface area (Å²) in [5, 5.41) is 0. The first kappa shape index (κ1) is 21.3. The molecule has 0 amide bonds. The van der Waals surface area contributed by atoms with Crippen molar-refractivity contribution < 1.29 is 0 Å². The third-order valence-electron chi connectivity index (χ3n) is 3.18. The van der Waals surface area contributed by atoms with Gasteiger partial charge in [-0.05, 0) is 18.2 Å². The fraction of sp³-hybridized carbons (Fsp3) is 0.263. The lowest BCUT2D eigenvalue weighted by Gasteiger charge is -2.14. The Kier molecular flexibility index (Phi) is 11.0. The largest absolute Gasteiger partial charge is 0.331 e. The highest BCUT2D eigenvalue weighted by Gasteiger charge is 1.98. The third kappa shape index (κ3) is 8.52. The van der Waals surface area contributed by atoms with Crippen LogP contribution in [0, 0.1) is 12.0 Å². The van der Waals surface area contributed by atoms with Gasteiger partial charge in [-0.1, -0.05) is 66.6 Å². The van der Waals surface area contributed by atoms with Gasteiger partial charge >= 0.3 is 0 Å². The van der Waals surface area contributed by atoms with Gasteiger partial charge in [-0.15, -0.1) is 24.8 Å². The Morgan fingerprint density at radius 1 is 0.739 bits per heavy atom. The van der Waals surface area contributed by atoms with E-state index < -0.39 is 0 Å². The predicted molar refractivity (Wildman–Crippen MR) is 103 cm³/mol. The van der Waals surface area contributed by atoms with Crippen molar-refractivity contribution in [2.75, 3.05) is 20.6 Å². The van der Waals surface area contributed by atoms with E-state index in [1.165, 1.54) is 11.1 Å². The number of hydrogen-bond acceptors (Lipinski definition) is 2. The molecule has 124 valence electrons. The van der Waals surface area contributed by atoms with Crippen molar-refractivity contribution in [3.63, 3.8) is 0 Å². The maximum Gasteiger partial charge on any atom is 0.0620 e. The van der Waals surface area contributed by atoms with E-state index >= 15 is 0 Å². The Bertz CT molecular complexity index is 591. The van der Waals surface area contributed by atoms with E-state index in [-0.39, 0.29) is 24.8 Å². The monoisotopic (exact) mass is 350 g/mol. The van der Waals surface area contributed by atoms with E-state index in [9.17, 15) is 0 Å². The normalized spacial score (nSPS) is 9.17. The van der Waals surface area contributed by atoms with Crippen molar-refractivity contribution in [3.8, 4) is 12.0 Å². The zero-order chi connectivity index (χ0) is 14.9. The Morgan fingerprint density at radius 3 is 1.74 bits per heavy atom. The summed E-state index contributed by atoms with van der Waals surface area (Å²) in [6.45, 7) is 2.56.